The van der Waals surface area contributed by atoms with Crippen LogP contribution in [0.15, 0.2) is 0 Å². The lowest BCUT2D eigenvalue weighted by molar-refractivity contribution is -0.150. The molecule has 1 spiro atoms. The van der Waals surface area contributed by atoms with Gasteiger partial charge in [0.25, 0.3) is 0 Å². The summed E-state index contributed by atoms with van der Waals surface area (Å²) in [6.45, 7) is 5.41. The molecule has 2 saturated heterocycles. The lowest BCUT2D eigenvalue weighted by Crippen LogP contribution is -2.39. The van der Waals surface area contributed by atoms with Crippen LogP contribution < -0.4 is 5.32 Å². The molecular weight excluding hydrogens is 288 g/mol. The van der Waals surface area contributed by atoms with Crippen molar-refractivity contribution in [3.05, 3.63) is 10.6 Å². The third-order valence-corrected chi connectivity index (χ3v) is 5.37. The fourth-order valence-corrected chi connectivity index (χ4v) is 4.02. The molecule has 116 valence electrons. The highest BCUT2D eigenvalue weighted by atomic mass is 32.1. The van der Waals surface area contributed by atoms with Crippen molar-refractivity contribution in [2.45, 2.75) is 38.8 Å². The zero-order valence-corrected chi connectivity index (χ0v) is 13.4. The van der Waals surface area contributed by atoms with Crippen LogP contribution in [0.3, 0.4) is 0 Å². The SMILES string of the molecule is Cc1nnsc1CN(C)CC1CC2(CCNCC2)C(=O)O1. The molecule has 0 aromatic carbocycles. The maximum atomic E-state index is 12.2. The number of hydrogen-bond acceptors (Lipinski definition) is 7. The predicted molar refractivity (Wildman–Crippen MR) is 80.0 cm³/mol. The number of rotatable bonds is 4. The van der Waals surface area contributed by atoms with Crippen molar-refractivity contribution in [3.8, 4) is 0 Å². The molecule has 1 unspecified atom stereocenters. The van der Waals surface area contributed by atoms with Gasteiger partial charge in [0.05, 0.1) is 16.0 Å². The second-order valence-electron chi connectivity index (χ2n) is 6.24. The first-order valence-electron chi connectivity index (χ1n) is 7.47. The van der Waals surface area contributed by atoms with Crippen molar-refractivity contribution < 1.29 is 9.53 Å². The molecule has 0 bridgehead atoms. The van der Waals surface area contributed by atoms with Crippen LogP contribution in [0.2, 0.25) is 0 Å². The summed E-state index contributed by atoms with van der Waals surface area (Å²) in [6, 6.07) is 0. The number of cyclic esters (lactones) is 1. The van der Waals surface area contributed by atoms with Crippen molar-refractivity contribution in [1.82, 2.24) is 19.8 Å². The number of nitrogens with zero attached hydrogens (tertiary/aromatic N) is 3. The van der Waals surface area contributed by atoms with E-state index in [1.807, 2.05) is 6.92 Å². The molecule has 1 aromatic heterocycles. The van der Waals surface area contributed by atoms with Gasteiger partial charge in [0.1, 0.15) is 6.10 Å². The molecular formula is C14H22N4O2S. The summed E-state index contributed by atoms with van der Waals surface area (Å²) in [5.41, 5.74) is 0.767. The Kier molecular flexibility index (Phi) is 4.24. The van der Waals surface area contributed by atoms with Crippen LogP contribution in [0.25, 0.3) is 0 Å². The lowest BCUT2D eigenvalue weighted by atomic mass is 9.76. The van der Waals surface area contributed by atoms with Gasteiger partial charge in [0, 0.05) is 19.5 Å². The van der Waals surface area contributed by atoms with Gasteiger partial charge in [0.15, 0.2) is 0 Å². The van der Waals surface area contributed by atoms with E-state index < -0.39 is 0 Å². The molecule has 0 amide bonds. The number of hydrogen-bond donors (Lipinski definition) is 1. The first-order valence-corrected chi connectivity index (χ1v) is 8.25. The largest absolute Gasteiger partial charge is 0.461 e. The molecule has 1 atom stereocenters. The molecule has 2 fully saturated rings. The molecule has 1 aromatic rings. The van der Waals surface area contributed by atoms with Gasteiger partial charge in [0.2, 0.25) is 0 Å². The minimum absolute atomic E-state index is 0.0121. The Morgan fingerprint density at radius 3 is 2.90 bits per heavy atom. The summed E-state index contributed by atoms with van der Waals surface area (Å²) in [7, 11) is 2.06. The van der Waals surface area contributed by atoms with Gasteiger partial charge in [-0.2, -0.15) is 0 Å². The van der Waals surface area contributed by atoms with E-state index in [4.69, 9.17) is 4.74 Å². The highest BCUT2D eigenvalue weighted by Crippen LogP contribution is 2.41. The summed E-state index contributed by atoms with van der Waals surface area (Å²) in [5, 5.41) is 7.35. The van der Waals surface area contributed by atoms with E-state index in [9.17, 15) is 4.79 Å². The van der Waals surface area contributed by atoms with Crippen LogP contribution in [-0.2, 0) is 16.1 Å². The molecule has 21 heavy (non-hydrogen) atoms. The minimum atomic E-state index is -0.223. The number of aryl methyl sites for hydroxylation is 1. The first kappa shape index (κ1) is 14.9. The van der Waals surface area contributed by atoms with Crippen LogP contribution in [0.5, 0.6) is 0 Å². The van der Waals surface area contributed by atoms with Gasteiger partial charge in [-0.3, -0.25) is 9.69 Å². The van der Waals surface area contributed by atoms with Gasteiger partial charge in [-0.25, -0.2) is 0 Å². The standard InChI is InChI=1S/C14H22N4O2S/c1-10-12(21-17-16-10)9-18(2)8-11-7-14(13(19)20-11)3-5-15-6-4-14/h11,15H,3-9H2,1-2H3. The average molecular weight is 310 g/mol. The van der Waals surface area contributed by atoms with Crippen molar-refractivity contribution in [2.75, 3.05) is 26.7 Å². The maximum absolute atomic E-state index is 12.2. The Morgan fingerprint density at radius 1 is 1.48 bits per heavy atom. The topological polar surface area (TPSA) is 67.4 Å². The van der Waals surface area contributed by atoms with Gasteiger partial charge in [-0.15, -0.1) is 5.10 Å². The number of piperidine rings is 1. The zero-order chi connectivity index (χ0) is 14.9. The molecule has 0 aliphatic carbocycles. The van der Waals surface area contributed by atoms with Gasteiger partial charge >= 0.3 is 5.97 Å². The van der Waals surface area contributed by atoms with Crippen LogP contribution in [0.1, 0.15) is 29.8 Å². The Labute approximate surface area is 129 Å². The van der Waals surface area contributed by atoms with Gasteiger partial charge in [-0.05, 0) is 51.4 Å². The summed E-state index contributed by atoms with van der Waals surface area (Å²) < 4.78 is 9.60. The van der Waals surface area contributed by atoms with Crippen molar-refractivity contribution in [2.24, 2.45) is 5.41 Å². The van der Waals surface area contributed by atoms with Crippen molar-refractivity contribution in [3.63, 3.8) is 0 Å². The third-order valence-electron chi connectivity index (χ3n) is 4.56. The van der Waals surface area contributed by atoms with E-state index in [1.165, 1.54) is 16.4 Å². The summed E-state index contributed by atoms with van der Waals surface area (Å²) in [5.74, 6) is 0.0121. The average Bonchev–Trinajstić information content (AvgIpc) is 2.96. The van der Waals surface area contributed by atoms with Crippen molar-refractivity contribution in [1.29, 1.82) is 0 Å². The zero-order valence-electron chi connectivity index (χ0n) is 12.6. The highest BCUT2D eigenvalue weighted by molar-refractivity contribution is 7.05. The molecule has 2 aliphatic rings. The molecule has 3 rings (SSSR count). The van der Waals surface area contributed by atoms with E-state index >= 15 is 0 Å². The second-order valence-corrected chi connectivity index (χ2v) is 7.08. The monoisotopic (exact) mass is 310 g/mol. The maximum Gasteiger partial charge on any atom is 0.312 e. The molecule has 6 nitrogen and oxygen atoms in total. The third kappa shape index (κ3) is 3.09. The second kappa shape index (κ2) is 5.98. The molecule has 1 N–H and O–H groups in total. The Hall–Kier alpha value is -1.05. The Bertz CT molecular complexity index is 513. The van der Waals surface area contributed by atoms with E-state index in [1.54, 1.807) is 0 Å². The fraction of sp³-hybridized carbons (Fsp3) is 0.786. The Morgan fingerprint density at radius 2 is 2.24 bits per heavy atom. The quantitative estimate of drug-likeness (QED) is 0.836. The summed E-state index contributed by atoms with van der Waals surface area (Å²) in [6.07, 6.45) is 2.69. The number of aromatic nitrogens is 2. The van der Waals surface area contributed by atoms with E-state index in [0.29, 0.717) is 0 Å². The normalized spacial score (nSPS) is 24.7. The van der Waals surface area contributed by atoms with Crippen LogP contribution in [0, 0.1) is 12.3 Å². The fourth-order valence-electron chi connectivity index (χ4n) is 3.31. The smallest absolute Gasteiger partial charge is 0.312 e. The van der Waals surface area contributed by atoms with Crippen molar-refractivity contribution >= 4 is 17.5 Å². The number of ether oxygens (including phenoxy) is 1. The summed E-state index contributed by atoms with van der Waals surface area (Å²) in [4.78, 5) is 15.6. The molecule has 2 aliphatic heterocycles. The number of likely N-dealkylation sites (N-methyl/N-ethyl adjacent to an activating group) is 1. The minimum Gasteiger partial charge on any atom is -0.461 e. The highest BCUT2D eigenvalue weighted by Gasteiger charge is 2.49. The van der Waals surface area contributed by atoms with E-state index in [0.717, 1.165) is 51.1 Å². The molecule has 7 heteroatoms. The lowest BCUT2D eigenvalue weighted by Gasteiger charge is -2.29. The van der Waals surface area contributed by atoms with Crippen LogP contribution >= 0.6 is 11.5 Å². The number of carbonyl (C=O) groups excluding carboxylic acids is 1. The molecule has 3 heterocycles. The molecule has 0 radical (unpaired) electrons. The van der Waals surface area contributed by atoms with Gasteiger partial charge in [-0.1, -0.05) is 4.49 Å². The number of esters is 1. The Balaban J connectivity index is 1.56. The van der Waals surface area contributed by atoms with E-state index in [2.05, 4.69) is 26.9 Å². The molecule has 0 saturated carbocycles. The van der Waals surface area contributed by atoms with Crippen LogP contribution in [0.4, 0.5) is 0 Å². The predicted octanol–water partition coefficient (Wildman–Crippen LogP) is 0.964. The van der Waals surface area contributed by atoms with E-state index in [-0.39, 0.29) is 17.5 Å². The first-order chi connectivity index (χ1) is 10.1. The van der Waals surface area contributed by atoms with Crippen LogP contribution in [-0.4, -0.2) is 53.2 Å². The summed E-state index contributed by atoms with van der Waals surface area (Å²) >= 11 is 1.44. The number of nitrogens with one attached hydrogen (secondary N) is 1. The van der Waals surface area contributed by atoms with Gasteiger partial charge < -0.3 is 10.1 Å². The number of carbonyl (C=O) groups is 1.